The van der Waals surface area contributed by atoms with E-state index < -0.39 is 0 Å². The Balaban J connectivity index is 1.57. The number of nitrogens with zero attached hydrogens (tertiary/aromatic N) is 3. The quantitative estimate of drug-likeness (QED) is 0.837. The zero-order valence-electron chi connectivity index (χ0n) is 14.6. The van der Waals surface area contributed by atoms with E-state index in [2.05, 4.69) is 15.7 Å². The van der Waals surface area contributed by atoms with Crippen molar-refractivity contribution in [1.29, 1.82) is 0 Å². The van der Waals surface area contributed by atoms with Crippen LogP contribution in [0.15, 0.2) is 30.5 Å². The van der Waals surface area contributed by atoms with Crippen LogP contribution in [0.3, 0.4) is 0 Å². The fourth-order valence-electron chi connectivity index (χ4n) is 2.90. The summed E-state index contributed by atoms with van der Waals surface area (Å²) in [6.07, 6.45) is 3.01. The van der Waals surface area contributed by atoms with E-state index in [9.17, 15) is 9.59 Å². The molecule has 0 atom stereocenters. The monoisotopic (exact) mass is 341 g/mol. The van der Waals surface area contributed by atoms with Crippen molar-refractivity contribution in [1.82, 2.24) is 20.0 Å². The van der Waals surface area contributed by atoms with Gasteiger partial charge in [0.1, 0.15) is 0 Å². The van der Waals surface area contributed by atoms with Gasteiger partial charge >= 0.3 is 0 Å². The molecule has 0 saturated carbocycles. The number of hydrogen-bond donors (Lipinski definition) is 2. The van der Waals surface area contributed by atoms with Gasteiger partial charge < -0.3 is 15.5 Å². The van der Waals surface area contributed by atoms with Gasteiger partial charge in [-0.05, 0) is 23.6 Å². The highest BCUT2D eigenvalue weighted by molar-refractivity contribution is 6.05. The number of amides is 2. The third kappa shape index (κ3) is 4.06. The summed E-state index contributed by atoms with van der Waals surface area (Å²) < 4.78 is 1.75. The summed E-state index contributed by atoms with van der Waals surface area (Å²) in [6.45, 7) is 2.16. The normalized spacial score (nSPS) is 12.7. The summed E-state index contributed by atoms with van der Waals surface area (Å²) in [5.74, 6) is 0.480. The summed E-state index contributed by atoms with van der Waals surface area (Å²) in [7, 11) is 3.50. The van der Waals surface area contributed by atoms with E-state index in [-0.39, 0.29) is 11.8 Å². The second-order valence-electron chi connectivity index (χ2n) is 6.36. The second-order valence-corrected chi connectivity index (χ2v) is 6.36. The third-order valence-corrected chi connectivity index (χ3v) is 4.29. The SMILES string of the molecule is CN(C)C(=O)CCCn1ccc(NC(=O)c2cccc3c2CNC3)n1. The Labute approximate surface area is 147 Å². The topological polar surface area (TPSA) is 79.3 Å². The lowest BCUT2D eigenvalue weighted by Gasteiger charge is -2.09. The zero-order valence-corrected chi connectivity index (χ0v) is 14.6. The number of nitrogens with one attached hydrogen (secondary N) is 2. The van der Waals surface area contributed by atoms with Crippen molar-refractivity contribution in [3.05, 3.63) is 47.2 Å². The predicted molar refractivity (Wildman–Crippen MR) is 95.1 cm³/mol. The van der Waals surface area contributed by atoms with E-state index in [1.165, 1.54) is 5.56 Å². The van der Waals surface area contributed by atoms with E-state index in [0.29, 0.717) is 37.3 Å². The molecule has 0 aliphatic carbocycles. The van der Waals surface area contributed by atoms with Crippen LogP contribution in [0.2, 0.25) is 0 Å². The number of fused-ring (bicyclic) bond motifs is 1. The first kappa shape index (κ1) is 17.2. The molecule has 0 spiro atoms. The number of aryl methyl sites for hydroxylation is 1. The first-order valence-corrected chi connectivity index (χ1v) is 8.41. The molecular weight excluding hydrogens is 318 g/mol. The molecule has 1 aliphatic heterocycles. The third-order valence-electron chi connectivity index (χ3n) is 4.29. The molecule has 2 heterocycles. The lowest BCUT2D eigenvalue weighted by atomic mass is 10.0. The van der Waals surface area contributed by atoms with Crippen LogP contribution in [0.4, 0.5) is 5.82 Å². The molecule has 0 saturated heterocycles. The smallest absolute Gasteiger partial charge is 0.257 e. The molecule has 2 aromatic rings. The molecule has 0 radical (unpaired) electrons. The maximum atomic E-state index is 12.5. The summed E-state index contributed by atoms with van der Waals surface area (Å²) in [6, 6.07) is 7.55. The minimum absolute atomic E-state index is 0.104. The zero-order chi connectivity index (χ0) is 17.8. The molecular formula is C18H23N5O2. The first-order chi connectivity index (χ1) is 12.0. The van der Waals surface area contributed by atoms with Crippen LogP contribution in [-0.4, -0.2) is 40.6 Å². The lowest BCUT2D eigenvalue weighted by molar-refractivity contribution is -0.128. The van der Waals surface area contributed by atoms with Gasteiger partial charge in [-0.3, -0.25) is 14.3 Å². The fourth-order valence-corrected chi connectivity index (χ4v) is 2.90. The van der Waals surface area contributed by atoms with Crippen LogP contribution in [-0.2, 0) is 24.4 Å². The van der Waals surface area contributed by atoms with E-state index in [4.69, 9.17) is 0 Å². The molecule has 1 aromatic heterocycles. The molecule has 132 valence electrons. The molecule has 1 aliphatic rings. The molecule has 7 heteroatoms. The van der Waals surface area contributed by atoms with Crippen molar-refractivity contribution < 1.29 is 9.59 Å². The maximum absolute atomic E-state index is 12.5. The molecule has 2 N–H and O–H groups in total. The van der Waals surface area contributed by atoms with Crippen molar-refractivity contribution in [3.63, 3.8) is 0 Å². The van der Waals surface area contributed by atoms with Gasteiger partial charge in [0, 0.05) is 58.0 Å². The van der Waals surface area contributed by atoms with Crippen LogP contribution in [0, 0.1) is 0 Å². The Hall–Kier alpha value is -2.67. The van der Waals surface area contributed by atoms with Gasteiger partial charge in [-0.1, -0.05) is 12.1 Å². The Kier molecular flexibility index (Phi) is 5.14. The summed E-state index contributed by atoms with van der Waals surface area (Å²) in [4.78, 5) is 25.7. The number of hydrogen-bond acceptors (Lipinski definition) is 4. The van der Waals surface area contributed by atoms with E-state index in [1.807, 2.05) is 24.4 Å². The van der Waals surface area contributed by atoms with Crippen LogP contribution >= 0.6 is 0 Å². The number of anilines is 1. The van der Waals surface area contributed by atoms with Crippen molar-refractivity contribution in [2.75, 3.05) is 19.4 Å². The van der Waals surface area contributed by atoms with Crippen LogP contribution in [0.1, 0.15) is 34.3 Å². The highest BCUT2D eigenvalue weighted by atomic mass is 16.2. The number of rotatable bonds is 6. The first-order valence-electron chi connectivity index (χ1n) is 8.41. The van der Waals surface area contributed by atoms with Crippen molar-refractivity contribution >= 4 is 17.6 Å². The number of benzene rings is 1. The van der Waals surface area contributed by atoms with Gasteiger partial charge in [-0.2, -0.15) is 5.10 Å². The van der Waals surface area contributed by atoms with Crippen molar-refractivity contribution in [2.45, 2.75) is 32.5 Å². The molecule has 7 nitrogen and oxygen atoms in total. The van der Waals surface area contributed by atoms with Gasteiger partial charge in [0.05, 0.1) is 0 Å². The average molecular weight is 341 g/mol. The van der Waals surface area contributed by atoms with Crippen molar-refractivity contribution in [2.24, 2.45) is 0 Å². The van der Waals surface area contributed by atoms with Crippen LogP contribution in [0.25, 0.3) is 0 Å². The molecule has 1 aromatic carbocycles. The Morgan fingerprint density at radius 1 is 1.28 bits per heavy atom. The summed E-state index contributed by atoms with van der Waals surface area (Å²) >= 11 is 0. The minimum atomic E-state index is -0.145. The highest BCUT2D eigenvalue weighted by Crippen LogP contribution is 2.20. The molecule has 3 rings (SSSR count). The van der Waals surface area contributed by atoms with Gasteiger partial charge in [0.15, 0.2) is 5.82 Å². The lowest BCUT2D eigenvalue weighted by Crippen LogP contribution is -2.21. The van der Waals surface area contributed by atoms with Crippen LogP contribution in [0.5, 0.6) is 0 Å². The van der Waals surface area contributed by atoms with Gasteiger partial charge in [0.25, 0.3) is 5.91 Å². The second kappa shape index (κ2) is 7.48. The maximum Gasteiger partial charge on any atom is 0.257 e. The summed E-state index contributed by atoms with van der Waals surface area (Å²) in [5.41, 5.74) is 2.92. The highest BCUT2D eigenvalue weighted by Gasteiger charge is 2.18. The van der Waals surface area contributed by atoms with Gasteiger partial charge in [-0.25, -0.2) is 0 Å². The molecule has 25 heavy (non-hydrogen) atoms. The summed E-state index contributed by atoms with van der Waals surface area (Å²) in [5, 5.41) is 10.5. The molecule has 0 unspecified atom stereocenters. The number of aromatic nitrogens is 2. The molecule has 0 bridgehead atoms. The Morgan fingerprint density at radius 3 is 2.92 bits per heavy atom. The average Bonchev–Trinajstić information content (AvgIpc) is 3.23. The Morgan fingerprint density at radius 2 is 2.12 bits per heavy atom. The van der Waals surface area contributed by atoms with Gasteiger partial charge in [0.2, 0.25) is 5.91 Å². The molecule has 0 fully saturated rings. The van der Waals surface area contributed by atoms with E-state index in [0.717, 1.165) is 12.1 Å². The minimum Gasteiger partial charge on any atom is -0.349 e. The number of carbonyl (C=O) groups is 2. The predicted octanol–water partition coefficient (Wildman–Crippen LogP) is 1.61. The number of carbonyl (C=O) groups excluding carboxylic acids is 2. The Bertz CT molecular complexity index is 782. The fraction of sp³-hybridized carbons (Fsp3) is 0.389. The largest absolute Gasteiger partial charge is 0.349 e. The standard InChI is InChI=1S/C18H23N5O2/c1-22(2)17(24)7-4-9-23-10-8-16(21-23)20-18(25)14-6-3-5-13-11-19-12-15(13)14/h3,5-6,8,10,19H,4,7,9,11-12H2,1-2H3,(H,20,21,25). The molecule has 2 amide bonds. The van der Waals surface area contributed by atoms with E-state index in [1.54, 1.807) is 29.7 Å². The van der Waals surface area contributed by atoms with Gasteiger partial charge in [-0.15, -0.1) is 0 Å². The van der Waals surface area contributed by atoms with Crippen molar-refractivity contribution in [3.8, 4) is 0 Å². The van der Waals surface area contributed by atoms with Crippen LogP contribution < -0.4 is 10.6 Å². The van der Waals surface area contributed by atoms with E-state index >= 15 is 0 Å².